The van der Waals surface area contributed by atoms with Crippen LogP contribution >= 0.6 is 24.0 Å². The molecule has 0 amide bonds. The third-order valence-electron chi connectivity index (χ3n) is 6.06. The van der Waals surface area contributed by atoms with Gasteiger partial charge in [-0.2, -0.15) is 0 Å². The first-order valence-corrected chi connectivity index (χ1v) is 10.6. The molecule has 0 spiro atoms. The lowest BCUT2D eigenvalue weighted by Gasteiger charge is -2.11. The van der Waals surface area contributed by atoms with Crippen LogP contribution in [0.15, 0.2) is 47.0 Å². The summed E-state index contributed by atoms with van der Waals surface area (Å²) in [5.74, 6) is 0.0561. The van der Waals surface area contributed by atoms with E-state index in [-0.39, 0.29) is 35.5 Å². The normalized spacial score (nSPS) is 13.9. The fraction of sp³-hybridized carbons (Fsp3) is 0.250. The Morgan fingerprint density at radius 2 is 1.91 bits per heavy atom. The van der Waals surface area contributed by atoms with Crippen LogP contribution in [-0.2, 0) is 0 Å². The van der Waals surface area contributed by atoms with Crippen molar-refractivity contribution < 1.29 is 19.2 Å². The number of nitrogens with one attached hydrogen (secondary N) is 1. The number of halogens is 2. The van der Waals surface area contributed by atoms with Gasteiger partial charge in [0, 0.05) is 10.9 Å². The molecule has 1 saturated carbocycles. The van der Waals surface area contributed by atoms with Crippen molar-refractivity contribution in [3.8, 4) is 22.9 Å². The number of fused-ring (bicyclic) bond motifs is 1. The second kappa shape index (κ2) is 8.88. The standard InChI is InChI=1S/C24H21ClN2O4.ClH/c1-30-21-12-20(31-27-21)23(28)22-17-10-16(18(25)11-19(17)26-24(22)29)15-8-6-14(7-9-15)13-4-2-3-5-13;/h6-13,26,29H,2-5H2,1H3;1H. The van der Waals surface area contributed by atoms with Crippen LogP contribution in [0.2, 0.25) is 5.02 Å². The number of aromatic hydroxyl groups is 1. The molecule has 166 valence electrons. The van der Waals surface area contributed by atoms with Gasteiger partial charge >= 0.3 is 0 Å². The number of hydrogen-bond acceptors (Lipinski definition) is 5. The van der Waals surface area contributed by atoms with Gasteiger partial charge < -0.3 is 19.4 Å². The summed E-state index contributed by atoms with van der Waals surface area (Å²) in [7, 11) is 1.43. The number of nitrogens with zero attached hydrogens (tertiary/aromatic N) is 1. The Labute approximate surface area is 195 Å². The molecule has 2 N–H and O–H groups in total. The van der Waals surface area contributed by atoms with Crippen molar-refractivity contribution in [3.63, 3.8) is 0 Å². The van der Waals surface area contributed by atoms with E-state index in [0.717, 1.165) is 11.1 Å². The van der Waals surface area contributed by atoms with Crippen LogP contribution in [0.25, 0.3) is 22.0 Å². The average molecular weight is 473 g/mol. The van der Waals surface area contributed by atoms with Crippen molar-refractivity contribution in [1.29, 1.82) is 0 Å². The lowest BCUT2D eigenvalue weighted by Crippen LogP contribution is -1.99. The van der Waals surface area contributed by atoms with E-state index in [2.05, 4.69) is 34.4 Å². The van der Waals surface area contributed by atoms with Crippen molar-refractivity contribution >= 4 is 40.7 Å². The first-order valence-electron chi connectivity index (χ1n) is 10.2. The molecule has 5 rings (SSSR count). The zero-order chi connectivity index (χ0) is 21.5. The highest BCUT2D eigenvalue weighted by atomic mass is 35.5. The lowest BCUT2D eigenvalue weighted by molar-refractivity contribution is 0.0999. The molecule has 8 heteroatoms. The van der Waals surface area contributed by atoms with E-state index < -0.39 is 5.78 Å². The number of rotatable bonds is 5. The molecule has 0 bridgehead atoms. The minimum atomic E-state index is -0.496. The van der Waals surface area contributed by atoms with E-state index in [1.54, 1.807) is 6.07 Å². The molecule has 1 fully saturated rings. The second-order valence-electron chi connectivity index (χ2n) is 7.89. The predicted octanol–water partition coefficient (Wildman–Crippen LogP) is 6.50. The number of aromatic nitrogens is 2. The molecule has 0 unspecified atom stereocenters. The minimum absolute atomic E-state index is 0. The van der Waals surface area contributed by atoms with Crippen LogP contribution in [0.4, 0.5) is 0 Å². The number of ether oxygens (including phenoxy) is 1. The molecule has 2 aromatic heterocycles. The Bertz CT molecular complexity index is 1270. The molecule has 0 saturated heterocycles. The number of carbonyl (C=O) groups excluding carboxylic acids is 1. The largest absolute Gasteiger partial charge is 0.494 e. The van der Waals surface area contributed by atoms with Crippen molar-refractivity contribution in [2.24, 2.45) is 0 Å². The van der Waals surface area contributed by atoms with Gasteiger partial charge in [0.2, 0.25) is 17.4 Å². The molecular formula is C24H22Cl2N2O4. The van der Waals surface area contributed by atoms with Gasteiger partial charge in [0.1, 0.15) is 0 Å². The molecule has 0 atom stereocenters. The van der Waals surface area contributed by atoms with Gasteiger partial charge in [-0.1, -0.05) is 48.7 Å². The molecule has 0 aliphatic heterocycles. The van der Waals surface area contributed by atoms with E-state index in [0.29, 0.717) is 21.8 Å². The van der Waals surface area contributed by atoms with Gasteiger partial charge in [-0.05, 0) is 47.2 Å². The maximum Gasteiger partial charge on any atom is 0.254 e. The highest BCUT2D eigenvalue weighted by Crippen LogP contribution is 2.39. The number of carbonyl (C=O) groups is 1. The highest BCUT2D eigenvalue weighted by molar-refractivity contribution is 6.34. The van der Waals surface area contributed by atoms with Gasteiger partial charge in [0.05, 0.1) is 29.3 Å². The Balaban J connectivity index is 0.00000245. The third-order valence-corrected chi connectivity index (χ3v) is 6.38. The molecule has 4 aromatic rings. The molecule has 1 aliphatic rings. The van der Waals surface area contributed by atoms with Crippen LogP contribution in [0.5, 0.6) is 11.8 Å². The smallest absolute Gasteiger partial charge is 0.254 e. The average Bonchev–Trinajstić information content (AvgIpc) is 3.52. The van der Waals surface area contributed by atoms with Crippen LogP contribution in [0, 0.1) is 0 Å². The van der Waals surface area contributed by atoms with E-state index >= 15 is 0 Å². The summed E-state index contributed by atoms with van der Waals surface area (Å²) in [5.41, 5.74) is 3.76. The number of hydrogen-bond donors (Lipinski definition) is 2. The predicted molar refractivity (Wildman–Crippen MR) is 125 cm³/mol. The fourth-order valence-electron chi connectivity index (χ4n) is 4.43. The van der Waals surface area contributed by atoms with Crippen LogP contribution in [-0.4, -0.2) is 28.1 Å². The SMILES string of the molecule is COc1cc(C(=O)c2c(O)[nH]c3cc(Cl)c(-c4ccc(C5CCCC5)cc4)cc23)on1.Cl. The summed E-state index contributed by atoms with van der Waals surface area (Å²) < 4.78 is 10.0. The lowest BCUT2D eigenvalue weighted by atomic mass is 9.94. The summed E-state index contributed by atoms with van der Waals surface area (Å²) >= 11 is 6.55. The summed E-state index contributed by atoms with van der Waals surface area (Å²) in [6, 6.07) is 13.4. The van der Waals surface area contributed by atoms with Gasteiger partial charge in [0.25, 0.3) is 5.88 Å². The Morgan fingerprint density at radius 1 is 1.19 bits per heavy atom. The quantitative estimate of drug-likeness (QED) is 0.323. The summed E-state index contributed by atoms with van der Waals surface area (Å²) in [5, 5.41) is 15.2. The molecule has 2 aromatic carbocycles. The molecule has 2 heterocycles. The van der Waals surface area contributed by atoms with Crippen LogP contribution in [0.3, 0.4) is 0 Å². The zero-order valence-corrected chi connectivity index (χ0v) is 18.9. The van der Waals surface area contributed by atoms with Gasteiger partial charge in [-0.15, -0.1) is 12.4 Å². The van der Waals surface area contributed by atoms with E-state index in [1.165, 1.54) is 44.4 Å². The van der Waals surface area contributed by atoms with E-state index in [1.807, 2.05) is 6.07 Å². The summed E-state index contributed by atoms with van der Waals surface area (Å²) in [6.07, 6.45) is 5.07. The topological polar surface area (TPSA) is 88.4 Å². The van der Waals surface area contributed by atoms with Gasteiger partial charge in [-0.25, -0.2) is 0 Å². The van der Waals surface area contributed by atoms with Crippen LogP contribution < -0.4 is 4.74 Å². The Morgan fingerprint density at radius 3 is 2.56 bits per heavy atom. The number of H-pyrrole nitrogens is 1. The van der Waals surface area contributed by atoms with Gasteiger partial charge in [0.15, 0.2) is 0 Å². The molecule has 0 radical (unpaired) electrons. The zero-order valence-electron chi connectivity index (χ0n) is 17.4. The van der Waals surface area contributed by atoms with Crippen molar-refractivity contribution in [1.82, 2.24) is 10.1 Å². The molecular weight excluding hydrogens is 451 g/mol. The minimum Gasteiger partial charge on any atom is -0.494 e. The molecule has 1 aliphatic carbocycles. The Kier molecular flexibility index (Phi) is 6.17. The first kappa shape index (κ1) is 22.2. The molecule has 6 nitrogen and oxygen atoms in total. The maximum atomic E-state index is 13.0. The van der Waals surface area contributed by atoms with Crippen molar-refractivity contribution in [2.75, 3.05) is 7.11 Å². The van der Waals surface area contributed by atoms with Crippen molar-refractivity contribution in [2.45, 2.75) is 31.6 Å². The first-order chi connectivity index (χ1) is 15.0. The van der Waals surface area contributed by atoms with Crippen molar-refractivity contribution in [3.05, 3.63) is 64.4 Å². The highest BCUT2D eigenvalue weighted by Gasteiger charge is 2.25. The van der Waals surface area contributed by atoms with Crippen LogP contribution in [0.1, 0.15) is 53.3 Å². The summed E-state index contributed by atoms with van der Waals surface area (Å²) in [6.45, 7) is 0. The van der Waals surface area contributed by atoms with Gasteiger partial charge in [-0.3, -0.25) is 4.79 Å². The van der Waals surface area contributed by atoms with E-state index in [9.17, 15) is 9.90 Å². The number of aromatic amines is 1. The number of ketones is 1. The van der Waals surface area contributed by atoms with E-state index in [4.69, 9.17) is 20.9 Å². The summed E-state index contributed by atoms with van der Waals surface area (Å²) in [4.78, 5) is 15.8. The Hall–Kier alpha value is -2.96. The number of benzene rings is 2. The molecule has 32 heavy (non-hydrogen) atoms. The number of methoxy groups -OCH3 is 1. The maximum absolute atomic E-state index is 13.0. The fourth-order valence-corrected chi connectivity index (χ4v) is 4.70. The monoisotopic (exact) mass is 472 g/mol. The second-order valence-corrected chi connectivity index (χ2v) is 8.30. The third kappa shape index (κ3) is 3.85.